The smallest absolute Gasteiger partial charge is 0.281 e. The molecule has 0 atom stereocenters. The molecular weight excluding hydrogens is 516 g/mol. The molecule has 34 heavy (non-hydrogen) atoms. The molecule has 2 aromatic carbocycles. The molecule has 0 saturated carbocycles. The highest BCUT2D eigenvalue weighted by molar-refractivity contribution is 9.10. The molecule has 1 fully saturated rings. The normalized spacial score (nSPS) is 14.8. The fourth-order valence-electron chi connectivity index (χ4n) is 3.84. The molecule has 3 aromatic rings. The number of thiocarbonyl (C=S) groups is 1. The number of benzene rings is 2. The van der Waals surface area contributed by atoms with Gasteiger partial charge in [0, 0.05) is 40.8 Å². The van der Waals surface area contributed by atoms with E-state index in [9.17, 15) is 9.59 Å². The van der Waals surface area contributed by atoms with Gasteiger partial charge in [-0.3, -0.25) is 14.5 Å². The van der Waals surface area contributed by atoms with Gasteiger partial charge >= 0.3 is 0 Å². The van der Waals surface area contributed by atoms with E-state index in [-0.39, 0.29) is 18.4 Å². The van der Waals surface area contributed by atoms with Crippen molar-refractivity contribution in [3.63, 3.8) is 0 Å². The van der Waals surface area contributed by atoms with Crippen LogP contribution in [0.4, 0.5) is 5.69 Å². The molecule has 7 nitrogen and oxygen atoms in total. The van der Waals surface area contributed by atoms with Gasteiger partial charge in [0.1, 0.15) is 12.2 Å². The fraction of sp³-hybridized carbons (Fsp3) is 0.240. The zero-order valence-corrected chi connectivity index (χ0v) is 21.5. The van der Waals surface area contributed by atoms with Gasteiger partial charge in [-0.2, -0.15) is 0 Å². The highest BCUT2D eigenvalue weighted by Crippen LogP contribution is 2.29. The standard InChI is InChI=1S/C25H25BrN4O3S/c1-15-4-6-19(10-16(15)2)30-24(32)21(28-25(30)34)11-17-13-29(14-23(31)27-8-9-33-3)22-7-5-18(26)12-20(17)22/h4-7,10-13H,8-9,14H2,1-3H3,(H,27,31)(H,28,34). The van der Waals surface area contributed by atoms with Crippen LogP contribution in [0.1, 0.15) is 16.7 Å². The fourth-order valence-corrected chi connectivity index (χ4v) is 4.50. The Balaban J connectivity index is 1.67. The van der Waals surface area contributed by atoms with Crippen LogP contribution in [-0.4, -0.2) is 41.8 Å². The third-order valence-corrected chi connectivity index (χ3v) is 6.52. The molecular formula is C25H25BrN4O3S. The summed E-state index contributed by atoms with van der Waals surface area (Å²) >= 11 is 9.00. The first-order chi connectivity index (χ1) is 16.3. The van der Waals surface area contributed by atoms with Gasteiger partial charge in [0.15, 0.2) is 5.11 Å². The van der Waals surface area contributed by atoms with Crippen LogP contribution in [0.3, 0.4) is 0 Å². The summed E-state index contributed by atoms with van der Waals surface area (Å²) in [6, 6.07) is 11.7. The van der Waals surface area contributed by atoms with Crippen LogP contribution in [0.25, 0.3) is 17.0 Å². The Kier molecular flexibility index (Phi) is 7.16. The lowest BCUT2D eigenvalue weighted by Crippen LogP contribution is -2.30. The van der Waals surface area contributed by atoms with E-state index in [1.807, 2.05) is 61.0 Å². The number of hydrogen-bond donors (Lipinski definition) is 2. The van der Waals surface area contributed by atoms with E-state index in [1.165, 1.54) is 4.90 Å². The number of methoxy groups -OCH3 is 1. The van der Waals surface area contributed by atoms with E-state index in [0.29, 0.717) is 24.0 Å². The molecule has 0 aliphatic carbocycles. The Morgan fingerprint density at radius 1 is 1.21 bits per heavy atom. The minimum Gasteiger partial charge on any atom is -0.383 e. The molecule has 0 bridgehead atoms. The van der Waals surface area contributed by atoms with Gasteiger partial charge in [0.25, 0.3) is 5.91 Å². The van der Waals surface area contributed by atoms with E-state index in [4.69, 9.17) is 17.0 Å². The van der Waals surface area contributed by atoms with Crippen molar-refractivity contribution in [3.8, 4) is 0 Å². The number of carbonyl (C=O) groups excluding carboxylic acids is 2. The monoisotopic (exact) mass is 540 g/mol. The third-order valence-electron chi connectivity index (χ3n) is 5.74. The van der Waals surface area contributed by atoms with Crippen LogP contribution in [0.2, 0.25) is 0 Å². The molecule has 0 spiro atoms. The molecule has 176 valence electrons. The van der Waals surface area contributed by atoms with E-state index >= 15 is 0 Å². The topological polar surface area (TPSA) is 75.6 Å². The second-order valence-corrected chi connectivity index (χ2v) is 9.42. The van der Waals surface area contributed by atoms with Gasteiger partial charge in [-0.1, -0.05) is 22.0 Å². The summed E-state index contributed by atoms with van der Waals surface area (Å²) in [5.41, 5.74) is 5.04. The Morgan fingerprint density at radius 2 is 2.00 bits per heavy atom. The first-order valence-corrected chi connectivity index (χ1v) is 12.0. The zero-order chi connectivity index (χ0) is 24.4. The summed E-state index contributed by atoms with van der Waals surface area (Å²) in [4.78, 5) is 27.2. The van der Waals surface area contributed by atoms with Gasteiger partial charge < -0.3 is 19.9 Å². The summed E-state index contributed by atoms with van der Waals surface area (Å²) < 4.78 is 7.76. The minimum atomic E-state index is -0.221. The number of anilines is 1. The molecule has 2 heterocycles. The molecule has 1 aliphatic rings. The maximum atomic E-state index is 13.3. The Hall–Kier alpha value is -3.01. The van der Waals surface area contributed by atoms with Crippen molar-refractivity contribution >= 4 is 67.7 Å². The first kappa shape index (κ1) is 24.1. The Labute approximate surface area is 211 Å². The van der Waals surface area contributed by atoms with Gasteiger partial charge in [0.05, 0.1) is 12.3 Å². The molecule has 0 radical (unpaired) electrons. The van der Waals surface area contributed by atoms with Crippen molar-refractivity contribution in [1.82, 2.24) is 15.2 Å². The maximum Gasteiger partial charge on any atom is 0.281 e. The van der Waals surface area contributed by atoms with Gasteiger partial charge in [-0.05, 0) is 73.6 Å². The number of halogens is 1. The van der Waals surface area contributed by atoms with Crippen molar-refractivity contribution in [3.05, 3.63) is 69.5 Å². The second kappa shape index (κ2) is 10.1. The van der Waals surface area contributed by atoms with Crippen LogP contribution in [0.15, 0.2) is 52.8 Å². The molecule has 0 unspecified atom stereocenters. The van der Waals surface area contributed by atoms with E-state index < -0.39 is 0 Å². The van der Waals surface area contributed by atoms with Crippen molar-refractivity contribution in [2.75, 3.05) is 25.2 Å². The molecule has 4 rings (SSSR count). The summed E-state index contributed by atoms with van der Waals surface area (Å²) in [5.74, 6) is -0.338. The first-order valence-electron chi connectivity index (χ1n) is 10.8. The highest BCUT2D eigenvalue weighted by Gasteiger charge is 2.32. The van der Waals surface area contributed by atoms with Crippen LogP contribution < -0.4 is 15.5 Å². The van der Waals surface area contributed by atoms with Crippen molar-refractivity contribution < 1.29 is 14.3 Å². The van der Waals surface area contributed by atoms with Crippen LogP contribution in [0.5, 0.6) is 0 Å². The van der Waals surface area contributed by atoms with Crippen LogP contribution in [-0.2, 0) is 20.9 Å². The number of nitrogens with one attached hydrogen (secondary N) is 2. The number of amides is 2. The number of hydrogen-bond acceptors (Lipinski definition) is 4. The number of ether oxygens (including phenoxy) is 1. The molecule has 9 heteroatoms. The summed E-state index contributed by atoms with van der Waals surface area (Å²) in [5, 5.41) is 7.14. The number of nitrogens with zero attached hydrogens (tertiary/aromatic N) is 2. The maximum absolute atomic E-state index is 13.3. The lowest BCUT2D eigenvalue weighted by Gasteiger charge is -2.15. The van der Waals surface area contributed by atoms with Crippen LogP contribution in [0, 0.1) is 13.8 Å². The average Bonchev–Trinajstić information content (AvgIpc) is 3.26. The number of aryl methyl sites for hydroxylation is 2. The summed E-state index contributed by atoms with van der Waals surface area (Å²) in [6.07, 6.45) is 3.65. The van der Waals surface area contributed by atoms with E-state index in [2.05, 4.69) is 26.6 Å². The van der Waals surface area contributed by atoms with Crippen LogP contribution >= 0.6 is 28.1 Å². The molecule has 1 aromatic heterocycles. The second-order valence-electron chi connectivity index (χ2n) is 8.11. The Bertz CT molecular complexity index is 1330. The van der Waals surface area contributed by atoms with Gasteiger partial charge in [0.2, 0.25) is 5.91 Å². The van der Waals surface area contributed by atoms with E-state index in [1.54, 1.807) is 13.2 Å². The lowest BCUT2D eigenvalue weighted by atomic mass is 10.1. The molecule has 1 saturated heterocycles. The van der Waals surface area contributed by atoms with Crippen molar-refractivity contribution in [2.24, 2.45) is 0 Å². The number of rotatable bonds is 7. The molecule has 2 amide bonds. The van der Waals surface area contributed by atoms with Crippen molar-refractivity contribution in [1.29, 1.82) is 0 Å². The quantitative estimate of drug-likeness (QED) is 0.268. The van der Waals surface area contributed by atoms with Crippen molar-refractivity contribution in [2.45, 2.75) is 20.4 Å². The SMILES string of the molecule is COCCNC(=O)Cn1cc(C=C2NC(=S)N(c3ccc(C)c(C)c3)C2=O)c2cc(Br)ccc21. The molecule has 2 N–H and O–H groups in total. The highest BCUT2D eigenvalue weighted by atomic mass is 79.9. The molecule has 1 aliphatic heterocycles. The largest absolute Gasteiger partial charge is 0.383 e. The predicted molar refractivity (Wildman–Crippen MR) is 142 cm³/mol. The number of aromatic nitrogens is 1. The minimum absolute atomic E-state index is 0.117. The van der Waals surface area contributed by atoms with Gasteiger partial charge in [-0.15, -0.1) is 0 Å². The Morgan fingerprint density at radius 3 is 2.74 bits per heavy atom. The zero-order valence-electron chi connectivity index (χ0n) is 19.1. The van der Waals surface area contributed by atoms with Gasteiger partial charge in [-0.25, -0.2) is 0 Å². The summed E-state index contributed by atoms with van der Waals surface area (Å²) in [7, 11) is 1.59. The average molecular weight is 541 g/mol. The third kappa shape index (κ3) is 4.91. The summed E-state index contributed by atoms with van der Waals surface area (Å²) in [6.45, 7) is 5.08. The van der Waals surface area contributed by atoms with E-state index in [0.717, 1.165) is 37.8 Å². The predicted octanol–water partition coefficient (Wildman–Crippen LogP) is 4.05. The number of fused-ring (bicyclic) bond motifs is 1. The number of carbonyl (C=O) groups is 2. The lowest BCUT2D eigenvalue weighted by molar-refractivity contribution is -0.121.